The molecule has 0 bridgehead atoms. The number of carbonyl (C=O) groups excluding carboxylic acids is 3. The van der Waals surface area contributed by atoms with Crippen LogP contribution in [0.15, 0.2) is 172 Å². The average Bonchev–Trinajstić information content (AvgIpc) is 4.39. The second kappa shape index (κ2) is 23.9. The number of aromatic nitrogens is 20. The van der Waals surface area contributed by atoms with Crippen LogP contribution in [0.4, 0.5) is 17.1 Å². The molecule has 0 saturated carbocycles. The Kier molecular flexibility index (Phi) is 15.5. The van der Waals surface area contributed by atoms with Gasteiger partial charge in [0.2, 0.25) is 0 Å². The molecule has 0 spiro atoms. The van der Waals surface area contributed by atoms with Crippen molar-refractivity contribution < 1.29 is 14.4 Å². The van der Waals surface area contributed by atoms with Crippen LogP contribution in [0.5, 0.6) is 0 Å². The monoisotopic (exact) mass is 1060 g/mol. The van der Waals surface area contributed by atoms with Crippen molar-refractivity contribution in [1.82, 2.24) is 99.6 Å². The van der Waals surface area contributed by atoms with Crippen molar-refractivity contribution in [2.75, 3.05) is 16.0 Å². The van der Waals surface area contributed by atoms with Gasteiger partial charge in [0, 0.05) is 94.2 Å². The zero-order valence-electron chi connectivity index (χ0n) is 42.9. The molecule has 0 aliphatic rings. The fourth-order valence-electron chi connectivity index (χ4n) is 7.69. The SMILES string of the molecule is Cc1cncc(-c2cncc(C(=O)Nc3cn(C)nc3-c3ccccn3)n2)c1.Cn1cc(NC(=O)c2cncc(-c3ccn[nH]3)n2)c(-c2ccccn2)n1.Cn1cc(NC(=O)c2cncc(-c3cn[nH]c3)n2)c(-c2ccccn2)n1. The molecular formula is C54H45N23O3. The molecule has 80 heavy (non-hydrogen) atoms. The van der Waals surface area contributed by atoms with Gasteiger partial charge in [-0.05, 0) is 61.0 Å². The number of aryl methyl sites for hydroxylation is 4. The molecule has 0 aliphatic carbocycles. The van der Waals surface area contributed by atoms with Gasteiger partial charge in [0.05, 0.1) is 94.6 Å². The standard InChI is InChI=1S/C20H17N7O.2C17H14N8O/c1-13-7-14(9-21-8-13)16-10-22-11-17(24-16)20(28)25-18-12-27(2)26-19(18)15-5-3-4-6-23-15;1-25-10-15(16(24-25)12-4-2-3-6-19-12)22-17(26)14-9-18-8-13(21-14)11-5-7-20-23-11;1-25-10-15(16(24-25)12-4-2-3-5-19-12)23-17(26)14-9-18-8-13(22-14)11-6-20-21-7-11/h3-12H,1-2H3,(H,25,28);2-10H,1H3,(H,20,23)(H,22,26);2-10H,1H3,(H,20,21)(H,23,26). The highest BCUT2D eigenvalue weighted by Crippen LogP contribution is 2.28. The summed E-state index contributed by atoms with van der Waals surface area (Å²) in [5.41, 5.74) is 10.9. The van der Waals surface area contributed by atoms with Crippen molar-refractivity contribution in [2.24, 2.45) is 21.1 Å². The number of carbonyl (C=O) groups is 3. The van der Waals surface area contributed by atoms with Crippen LogP contribution in [0, 0.1) is 6.92 Å². The van der Waals surface area contributed by atoms with Crippen molar-refractivity contribution in [1.29, 1.82) is 0 Å². The number of rotatable bonds is 12. The van der Waals surface area contributed by atoms with Gasteiger partial charge in [-0.15, -0.1) is 0 Å². The fourth-order valence-corrected chi connectivity index (χ4v) is 7.69. The van der Waals surface area contributed by atoms with Gasteiger partial charge in [-0.2, -0.15) is 25.5 Å². The van der Waals surface area contributed by atoms with Crippen LogP contribution < -0.4 is 16.0 Å². The number of hydrogen-bond acceptors (Lipinski definition) is 18. The number of nitrogens with zero attached hydrogens (tertiary/aromatic N) is 18. The second-order valence-electron chi connectivity index (χ2n) is 17.3. The largest absolute Gasteiger partial charge is 0.317 e. The highest BCUT2D eigenvalue weighted by molar-refractivity contribution is 6.06. The Balaban J connectivity index is 0.000000135. The maximum atomic E-state index is 12.8. The van der Waals surface area contributed by atoms with Crippen LogP contribution in [0.2, 0.25) is 0 Å². The van der Waals surface area contributed by atoms with Crippen molar-refractivity contribution in [3.63, 3.8) is 0 Å². The summed E-state index contributed by atoms with van der Waals surface area (Å²) >= 11 is 0. The molecule has 12 aromatic rings. The topological polar surface area (TPSA) is 327 Å². The zero-order chi connectivity index (χ0) is 55.4. The molecule has 0 unspecified atom stereocenters. The summed E-state index contributed by atoms with van der Waals surface area (Å²) in [6.07, 6.45) is 27.6. The third kappa shape index (κ3) is 12.5. The number of anilines is 3. The quantitative estimate of drug-likeness (QED) is 0.0847. The Morgan fingerprint density at radius 3 is 1.29 bits per heavy atom. The van der Waals surface area contributed by atoms with E-state index in [0.29, 0.717) is 74.0 Å². The van der Waals surface area contributed by atoms with Crippen LogP contribution in [-0.4, -0.2) is 117 Å². The summed E-state index contributed by atoms with van der Waals surface area (Å²) in [5, 5.41) is 34.9. The Morgan fingerprint density at radius 1 is 0.450 bits per heavy atom. The van der Waals surface area contributed by atoms with Crippen molar-refractivity contribution >= 4 is 34.8 Å². The molecule has 0 fully saturated rings. The molecule has 5 N–H and O–H groups in total. The number of amides is 3. The van der Waals surface area contributed by atoms with E-state index >= 15 is 0 Å². The van der Waals surface area contributed by atoms with Crippen LogP contribution in [0.25, 0.3) is 68.1 Å². The maximum Gasteiger partial charge on any atom is 0.275 e. The van der Waals surface area contributed by atoms with E-state index in [9.17, 15) is 14.4 Å². The minimum Gasteiger partial charge on any atom is -0.317 e. The molecule has 26 nitrogen and oxygen atoms in total. The van der Waals surface area contributed by atoms with E-state index in [1.807, 2.05) is 67.6 Å². The van der Waals surface area contributed by atoms with E-state index in [4.69, 9.17) is 0 Å². The fraction of sp³-hybridized carbons (Fsp3) is 0.0741. The lowest BCUT2D eigenvalue weighted by Gasteiger charge is -2.06. The molecule has 0 atom stereocenters. The van der Waals surface area contributed by atoms with Gasteiger partial charge in [-0.1, -0.05) is 18.2 Å². The Morgan fingerprint density at radius 2 is 0.887 bits per heavy atom. The van der Waals surface area contributed by atoms with Crippen LogP contribution in [-0.2, 0) is 21.1 Å². The van der Waals surface area contributed by atoms with Crippen LogP contribution in [0.1, 0.15) is 37.0 Å². The predicted octanol–water partition coefficient (Wildman–Crippen LogP) is 6.72. The van der Waals surface area contributed by atoms with E-state index in [0.717, 1.165) is 16.7 Å². The molecule has 12 rings (SSSR count). The first-order chi connectivity index (χ1) is 39.0. The Bertz CT molecular complexity index is 3880. The van der Waals surface area contributed by atoms with Gasteiger partial charge in [0.1, 0.15) is 39.9 Å². The molecule has 3 amide bonds. The lowest BCUT2D eigenvalue weighted by Crippen LogP contribution is -2.14. The highest BCUT2D eigenvalue weighted by atomic mass is 16.2. The minimum atomic E-state index is -0.385. The molecule has 0 radical (unpaired) electrons. The Labute approximate surface area is 454 Å². The summed E-state index contributed by atoms with van der Waals surface area (Å²) in [6, 6.07) is 20.3. The smallest absolute Gasteiger partial charge is 0.275 e. The molecule has 0 saturated heterocycles. The first-order valence-corrected chi connectivity index (χ1v) is 24.2. The van der Waals surface area contributed by atoms with Gasteiger partial charge in [-0.25, -0.2) is 15.0 Å². The van der Waals surface area contributed by atoms with E-state index in [1.54, 1.807) is 128 Å². The van der Waals surface area contributed by atoms with Crippen molar-refractivity contribution in [3.8, 4) is 68.1 Å². The molecule has 0 aromatic carbocycles. The van der Waals surface area contributed by atoms with Crippen molar-refractivity contribution in [2.45, 2.75) is 6.92 Å². The molecule has 12 heterocycles. The van der Waals surface area contributed by atoms with E-state index < -0.39 is 0 Å². The van der Waals surface area contributed by atoms with E-state index in [-0.39, 0.29) is 34.8 Å². The first-order valence-electron chi connectivity index (χ1n) is 24.2. The number of H-pyrrole nitrogens is 2. The summed E-state index contributed by atoms with van der Waals surface area (Å²) in [6.45, 7) is 1.95. The lowest BCUT2D eigenvalue weighted by molar-refractivity contribution is 0.101. The zero-order valence-corrected chi connectivity index (χ0v) is 42.9. The number of pyridine rings is 4. The number of nitrogens with one attached hydrogen (secondary N) is 5. The lowest BCUT2D eigenvalue weighted by atomic mass is 10.1. The molecule has 12 aromatic heterocycles. The molecule has 26 heteroatoms. The van der Waals surface area contributed by atoms with E-state index in [2.05, 4.69) is 101 Å². The number of aromatic amines is 2. The third-order valence-corrected chi connectivity index (χ3v) is 11.3. The average molecular weight is 1060 g/mol. The van der Waals surface area contributed by atoms with Crippen LogP contribution in [0.3, 0.4) is 0 Å². The Hall–Kier alpha value is -11.7. The normalized spacial score (nSPS) is 10.7. The minimum absolute atomic E-state index is 0.188. The maximum absolute atomic E-state index is 12.8. The van der Waals surface area contributed by atoms with Gasteiger partial charge in [0.25, 0.3) is 17.7 Å². The van der Waals surface area contributed by atoms with Crippen LogP contribution >= 0.6 is 0 Å². The molecular weight excluding hydrogens is 1020 g/mol. The summed E-state index contributed by atoms with van der Waals surface area (Å²) in [7, 11) is 5.34. The first kappa shape index (κ1) is 51.8. The molecule has 394 valence electrons. The summed E-state index contributed by atoms with van der Waals surface area (Å²) in [4.78, 5) is 80.5. The van der Waals surface area contributed by atoms with Gasteiger partial charge < -0.3 is 16.0 Å². The van der Waals surface area contributed by atoms with Crippen molar-refractivity contribution in [3.05, 3.63) is 195 Å². The van der Waals surface area contributed by atoms with E-state index in [1.165, 1.54) is 18.6 Å². The van der Waals surface area contributed by atoms with Gasteiger partial charge in [-0.3, -0.25) is 73.5 Å². The summed E-state index contributed by atoms with van der Waals surface area (Å²) < 4.78 is 4.86. The van der Waals surface area contributed by atoms with Gasteiger partial charge >= 0.3 is 0 Å². The second-order valence-corrected chi connectivity index (χ2v) is 17.3. The predicted molar refractivity (Wildman–Crippen MR) is 292 cm³/mol. The highest BCUT2D eigenvalue weighted by Gasteiger charge is 2.20. The summed E-state index contributed by atoms with van der Waals surface area (Å²) in [5.74, 6) is -1.14. The third-order valence-electron chi connectivity index (χ3n) is 11.3. The number of hydrogen-bond donors (Lipinski definition) is 5. The van der Waals surface area contributed by atoms with Gasteiger partial charge in [0.15, 0.2) is 0 Å². The molecule has 0 aliphatic heterocycles.